The molecule has 3 aromatic rings. The third-order valence-electron chi connectivity index (χ3n) is 6.89. The molecule has 2 atom stereocenters. The number of piperidine rings is 1. The van der Waals surface area contributed by atoms with Crippen LogP contribution in [0.4, 0.5) is 23.2 Å². The smallest absolute Gasteiger partial charge is 0.331 e. The van der Waals surface area contributed by atoms with Crippen LogP contribution in [0.2, 0.25) is 0 Å². The molecular formula is C29H28F4N2O2. The number of carbonyl (C=O) groups is 2. The zero-order valence-corrected chi connectivity index (χ0v) is 20.8. The van der Waals surface area contributed by atoms with Crippen LogP contribution in [0.25, 0.3) is 0 Å². The fourth-order valence-corrected chi connectivity index (χ4v) is 4.96. The molecule has 1 N–H and O–H groups in total. The highest BCUT2D eigenvalue weighted by molar-refractivity contribution is 5.98. The number of rotatable bonds is 4. The first-order chi connectivity index (χ1) is 17.5. The molecule has 0 bridgehead atoms. The van der Waals surface area contributed by atoms with Gasteiger partial charge >= 0.3 is 6.18 Å². The van der Waals surface area contributed by atoms with Crippen molar-refractivity contribution in [3.63, 3.8) is 0 Å². The number of alkyl halides is 3. The molecule has 1 saturated heterocycles. The van der Waals surface area contributed by atoms with Gasteiger partial charge in [0.15, 0.2) is 0 Å². The van der Waals surface area contributed by atoms with Crippen LogP contribution in [0.5, 0.6) is 0 Å². The Hall–Kier alpha value is -3.68. The van der Waals surface area contributed by atoms with Crippen molar-refractivity contribution in [3.8, 4) is 0 Å². The Balaban J connectivity index is 1.71. The molecule has 194 valence electrons. The Morgan fingerprint density at radius 3 is 2.30 bits per heavy atom. The van der Waals surface area contributed by atoms with E-state index in [1.54, 1.807) is 13.0 Å². The van der Waals surface area contributed by atoms with Crippen molar-refractivity contribution < 1.29 is 27.2 Å². The third kappa shape index (κ3) is 5.53. The fourth-order valence-electron chi connectivity index (χ4n) is 4.96. The molecule has 0 aliphatic carbocycles. The minimum atomic E-state index is -4.55. The summed E-state index contributed by atoms with van der Waals surface area (Å²) >= 11 is 0. The average molecular weight is 513 g/mol. The van der Waals surface area contributed by atoms with E-state index in [9.17, 15) is 27.2 Å². The lowest BCUT2D eigenvalue weighted by molar-refractivity contribution is -0.138. The van der Waals surface area contributed by atoms with Crippen LogP contribution in [-0.4, -0.2) is 23.3 Å². The number of benzene rings is 3. The lowest BCUT2D eigenvalue weighted by atomic mass is 9.83. The largest absolute Gasteiger partial charge is 0.416 e. The van der Waals surface area contributed by atoms with Gasteiger partial charge in [-0.15, -0.1) is 0 Å². The lowest BCUT2D eigenvalue weighted by Gasteiger charge is -2.41. The molecule has 1 heterocycles. The van der Waals surface area contributed by atoms with Gasteiger partial charge in [0.2, 0.25) is 5.91 Å². The number of hydrogen-bond acceptors (Lipinski definition) is 2. The van der Waals surface area contributed by atoms with E-state index in [4.69, 9.17) is 0 Å². The Morgan fingerprint density at radius 2 is 1.65 bits per heavy atom. The van der Waals surface area contributed by atoms with Gasteiger partial charge < -0.3 is 10.2 Å². The van der Waals surface area contributed by atoms with E-state index < -0.39 is 41.3 Å². The van der Waals surface area contributed by atoms with Gasteiger partial charge in [0.25, 0.3) is 5.91 Å². The van der Waals surface area contributed by atoms with E-state index in [1.807, 2.05) is 31.2 Å². The van der Waals surface area contributed by atoms with Gasteiger partial charge in [0.1, 0.15) is 5.82 Å². The second-order valence-electron chi connectivity index (χ2n) is 9.55. The number of halogens is 4. The average Bonchev–Trinajstić information content (AvgIpc) is 2.84. The van der Waals surface area contributed by atoms with Crippen molar-refractivity contribution in [1.82, 2.24) is 4.90 Å². The van der Waals surface area contributed by atoms with Gasteiger partial charge in [-0.25, -0.2) is 4.39 Å². The first-order valence-electron chi connectivity index (χ1n) is 12.1. The molecule has 0 unspecified atom stereocenters. The van der Waals surface area contributed by atoms with Crippen LogP contribution in [0, 0.1) is 32.5 Å². The maximum absolute atomic E-state index is 14.7. The highest BCUT2D eigenvalue weighted by atomic mass is 19.4. The lowest BCUT2D eigenvalue weighted by Crippen LogP contribution is -2.46. The molecule has 0 radical (unpaired) electrons. The van der Waals surface area contributed by atoms with Crippen molar-refractivity contribution in [2.45, 2.75) is 45.8 Å². The fraction of sp³-hybridized carbons (Fsp3) is 0.310. The predicted octanol–water partition coefficient (Wildman–Crippen LogP) is 7.00. The Kier molecular flexibility index (Phi) is 7.39. The third-order valence-corrected chi connectivity index (χ3v) is 6.89. The molecule has 4 rings (SSSR count). The van der Waals surface area contributed by atoms with Crippen LogP contribution in [-0.2, 0) is 11.0 Å². The monoisotopic (exact) mass is 512 g/mol. The van der Waals surface area contributed by atoms with Crippen LogP contribution in [0.3, 0.4) is 0 Å². The van der Waals surface area contributed by atoms with Gasteiger partial charge in [-0.05, 0) is 68.5 Å². The van der Waals surface area contributed by atoms with E-state index >= 15 is 0 Å². The molecule has 37 heavy (non-hydrogen) atoms. The van der Waals surface area contributed by atoms with Crippen molar-refractivity contribution >= 4 is 17.5 Å². The maximum atomic E-state index is 14.7. The number of likely N-dealkylation sites (tertiary alicyclic amines) is 1. The van der Waals surface area contributed by atoms with Crippen molar-refractivity contribution in [1.29, 1.82) is 0 Å². The number of nitrogens with zero attached hydrogens (tertiary/aromatic N) is 1. The Bertz CT molecular complexity index is 1300. The minimum Gasteiger partial charge on any atom is -0.331 e. The van der Waals surface area contributed by atoms with E-state index in [2.05, 4.69) is 5.32 Å². The summed E-state index contributed by atoms with van der Waals surface area (Å²) in [5.74, 6) is -2.40. The number of aryl methyl sites for hydroxylation is 3. The Morgan fingerprint density at radius 1 is 0.946 bits per heavy atom. The highest BCUT2D eigenvalue weighted by Gasteiger charge is 2.41. The SMILES string of the molecule is Cc1ccc([C@H]2[C@@H](C(=O)Nc3ccc(C)c(C(F)(F)F)c3)CCCN2C(=O)c2c(C)cccc2F)cc1. The molecular weight excluding hydrogens is 484 g/mol. The Labute approximate surface area is 213 Å². The first-order valence-corrected chi connectivity index (χ1v) is 12.1. The van der Waals surface area contributed by atoms with Gasteiger partial charge in [-0.2, -0.15) is 13.2 Å². The number of anilines is 1. The first kappa shape index (κ1) is 26.4. The molecule has 2 amide bonds. The minimum absolute atomic E-state index is 0.0268. The van der Waals surface area contributed by atoms with Crippen LogP contribution >= 0.6 is 0 Å². The van der Waals surface area contributed by atoms with Gasteiger partial charge in [0.05, 0.1) is 23.1 Å². The van der Waals surface area contributed by atoms with Crippen LogP contribution in [0.1, 0.15) is 57.1 Å². The quantitative estimate of drug-likeness (QED) is 0.383. The van der Waals surface area contributed by atoms with Crippen LogP contribution < -0.4 is 5.32 Å². The second kappa shape index (κ2) is 10.4. The summed E-state index contributed by atoms with van der Waals surface area (Å²) in [6.07, 6.45) is -3.65. The maximum Gasteiger partial charge on any atom is 0.416 e. The summed E-state index contributed by atoms with van der Waals surface area (Å²) < 4.78 is 55.0. The molecule has 4 nitrogen and oxygen atoms in total. The molecule has 1 aliphatic rings. The van der Waals surface area contributed by atoms with E-state index in [0.717, 1.165) is 11.6 Å². The van der Waals surface area contributed by atoms with Crippen LogP contribution in [0.15, 0.2) is 60.7 Å². The van der Waals surface area contributed by atoms with E-state index in [1.165, 1.54) is 36.1 Å². The van der Waals surface area contributed by atoms with Crippen molar-refractivity contribution in [3.05, 3.63) is 99.9 Å². The zero-order valence-electron chi connectivity index (χ0n) is 20.8. The summed E-state index contributed by atoms with van der Waals surface area (Å²) in [5, 5.41) is 2.63. The normalized spacial score (nSPS) is 18.0. The summed E-state index contributed by atoms with van der Waals surface area (Å²) in [7, 11) is 0. The molecule has 0 spiro atoms. The summed E-state index contributed by atoms with van der Waals surface area (Å²) in [6, 6.07) is 14.7. The van der Waals surface area contributed by atoms with Crippen molar-refractivity contribution in [2.75, 3.05) is 11.9 Å². The summed E-state index contributed by atoms with van der Waals surface area (Å²) in [5.41, 5.74) is 1.38. The van der Waals surface area contributed by atoms with E-state index in [-0.39, 0.29) is 16.8 Å². The van der Waals surface area contributed by atoms with Crippen molar-refractivity contribution in [2.24, 2.45) is 5.92 Å². The predicted molar refractivity (Wildman–Crippen MR) is 134 cm³/mol. The number of hydrogen-bond donors (Lipinski definition) is 1. The zero-order chi connectivity index (χ0) is 26.9. The van der Waals surface area contributed by atoms with Gasteiger partial charge in [-0.3, -0.25) is 9.59 Å². The van der Waals surface area contributed by atoms with Gasteiger partial charge in [0, 0.05) is 12.2 Å². The molecule has 3 aromatic carbocycles. The molecule has 0 saturated carbocycles. The number of amides is 2. The molecule has 0 aromatic heterocycles. The molecule has 8 heteroatoms. The summed E-state index contributed by atoms with van der Waals surface area (Å²) in [6.45, 7) is 5.24. The molecule has 1 aliphatic heterocycles. The molecule has 1 fully saturated rings. The van der Waals surface area contributed by atoms with Gasteiger partial charge in [-0.1, -0.05) is 48.0 Å². The summed E-state index contributed by atoms with van der Waals surface area (Å²) in [4.78, 5) is 28.7. The van der Waals surface area contributed by atoms with E-state index in [0.29, 0.717) is 30.5 Å². The number of nitrogens with one attached hydrogen (secondary N) is 1. The number of carbonyl (C=O) groups excluding carboxylic acids is 2. The highest BCUT2D eigenvalue weighted by Crippen LogP contribution is 2.39. The standard InChI is InChI=1S/C29H28F4N2O2/c1-17-9-12-20(13-10-17)26-22(27(36)34-21-14-11-18(2)23(16-21)29(31,32)33)7-5-15-35(26)28(37)25-19(3)6-4-8-24(25)30/h4,6,8-14,16,22,26H,5,7,15H2,1-3H3,(H,34,36)/t22-,26-/m0/s1. The second-order valence-corrected chi connectivity index (χ2v) is 9.55. The topological polar surface area (TPSA) is 49.4 Å².